The normalized spacial score (nSPS) is 7.45. The lowest BCUT2D eigenvalue weighted by molar-refractivity contribution is 0.563. The van der Waals surface area contributed by atoms with Crippen LogP contribution in [-0.2, 0) is 4.79 Å². The molecule has 0 fully saturated rings. The molecule has 0 radical (unpaired) electrons. The van der Waals surface area contributed by atoms with Crippen molar-refractivity contribution in [3.05, 3.63) is 16.4 Å². The fourth-order valence-corrected chi connectivity index (χ4v) is 0.407. The van der Waals surface area contributed by atoms with Gasteiger partial charge in [-0.2, -0.15) is 0 Å². The number of aromatic nitrogens is 3. The molecule has 0 bridgehead atoms. The lowest BCUT2D eigenvalue weighted by Gasteiger charge is -1.84. The van der Waals surface area contributed by atoms with Gasteiger partial charge in [-0.25, -0.2) is 10.2 Å². The summed E-state index contributed by atoms with van der Waals surface area (Å²) >= 11 is 10.8. The molecule has 0 aromatic carbocycles. The van der Waals surface area contributed by atoms with Crippen molar-refractivity contribution in [2.75, 3.05) is 0 Å². The van der Waals surface area contributed by atoms with Crippen LogP contribution in [0.25, 0.3) is 0 Å². The van der Waals surface area contributed by atoms with Gasteiger partial charge in [-0.1, -0.05) is 23.2 Å². The van der Waals surface area contributed by atoms with E-state index >= 15 is 0 Å². The van der Waals surface area contributed by atoms with Crippen molar-refractivity contribution in [3.8, 4) is 0 Å². The van der Waals surface area contributed by atoms with Crippen LogP contribution in [0, 0.1) is 5.41 Å². The fourth-order valence-electron chi connectivity index (χ4n) is 0.243. The van der Waals surface area contributed by atoms with Gasteiger partial charge in [-0.15, -0.1) is 10.2 Å². The molecule has 0 saturated heterocycles. The van der Waals surface area contributed by atoms with Crippen LogP contribution in [-0.4, -0.2) is 21.5 Å². The summed E-state index contributed by atoms with van der Waals surface area (Å²) in [6.45, 7) is 0. The Morgan fingerprint density at radius 1 is 1.55 bits per heavy atom. The first-order chi connectivity index (χ1) is 5.22. The summed E-state index contributed by atoms with van der Waals surface area (Å²) in [5.41, 5.74) is 0. The van der Waals surface area contributed by atoms with Crippen molar-refractivity contribution in [2.24, 2.45) is 0 Å². The van der Waals surface area contributed by atoms with E-state index in [0.717, 1.165) is 6.08 Å². The molecule has 0 aliphatic carbocycles. The molecule has 1 aromatic rings. The zero-order valence-corrected chi connectivity index (χ0v) is 6.60. The summed E-state index contributed by atoms with van der Waals surface area (Å²) in [7, 11) is 0. The van der Waals surface area contributed by atoms with E-state index in [1.807, 2.05) is 0 Å². The van der Waals surface area contributed by atoms with Crippen LogP contribution in [0.5, 0.6) is 0 Å². The molecule has 0 spiro atoms. The highest BCUT2D eigenvalue weighted by molar-refractivity contribution is 6.40. The fraction of sp³-hybridized carbons (Fsp3) is 0. The van der Waals surface area contributed by atoms with Crippen LogP contribution in [0.4, 0.5) is 0 Å². The van der Waals surface area contributed by atoms with Gasteiger partial charge in [0.25, 0.3) is 0 Å². The maximum Gasteiger partial charge on any atom is 0.231 e. The number of nitrogens with zero attached hydrogens (tertiary/aromatic N) is 3. The topological polar surface area (TPSA) is 79.6 Å². The molecule has 1 N–H and O–H groups in total. The Kier molecular flexibility index (Phi) is 5.20. The van der Waals surface area contributed by atoms with Crippen LogP contribution in [0.3, 0.4) is 0 Å². The highest BCUT2D eigenvalue weighted by Crippen LogP contribution is 2.13. The van der Waals surface area contributed by atoms with E-state index in [4.69, 9.17) is 33.4 Å². The van der Waals surface area contributed by atoms with Crippen molar-refractivity contribution < 1.29 is 4.79 Å². The predicted molar refractivity (Wildman–Crippen MR) is 38.3 cm³/mol. The highest BCUT2D eigenvalue weighted by atomic mass is 35.5. The maximum absolute atomic E-state index is 8.35. The van der Waals surface area contributed by atoms with Gasteiger partial charge in [0, 0.05) is 0 Å². The van der Waals surface area contributed by atoms with Crippen molar-refractivity contribution in [3.63, 3.8) is 0 Å². The average Bonchev–Trinajstić information content (AvgIpc) is 1.97. The van der Waals surface area contributed by atoms with E-state index in [9.17, 15) is 0 Å². The van der Waals surface area contributed by atoms with E-state index in [1.54, 1.807) is 0 Å². The van der Waals surface area contributed by atoms with Crippen LogP contribution >= 0.6 is 23.2 Å². The van der Waals surface area contributed by atoms with Gasteiger partial charge in [0.05, 0.1) is 6.20 Å². The molecular weight excluding hydrogens is 191 g/mol. The molecule has 11 heavy (non-hydrogen) atoms. The van der Waals surface area contributed by atoms with Crippen LogP contribution in [0.15, 0.2) is 6.20 Å². The average molecular weight is 193 g/mol. The third-order valence-corrected chi connectivity index (χ3v) is 1.20. The largest absolute Gasteiger partial charge is 0.231 e. The quantitative estimate of drug-likeness (QED) is 0.493. The highest BCUT2D eigenvalue weighted by Gasteiger charge is 1.94. The summed E-state index contributed by atoms with van der Waals surface area (Å²) in [4.78, 5) is 8.35. The summed E-state index contributed by atoms with van der Waals surface area (Å²) in [5, 5.41) is 15.9. The monoisotopic (exact) mass is 192 g/mol. The number of rotatable bonds is 0. The third kappa shape index (κ3) is 4.38. The smallest absolute Gasteiger partial charge is 0.222 e. The molecule has 58 valence electrons. The molecule has 0 amide bonds. The molecule has 1 rings (SSSR count). The Balaban J connectivity index is 0.000000292. The Morgan fingerprint density at radius 3 is 2.36 bits per heavy atom. The SMILES string of the molecule is Clc1cnnnc1Cl.N=C=O. The van der Waals surface area contributed by atoms with Crippen molar-refractivity contribution in [1.29, 1.82) is 5.41 Å². The second-order valence-corrected chi connectivity index (χ2v) is 1.94. The van der Waals surface area contributed by atoms with E-state index in [1.165, 1.54) is 6.20 Å². The molecule has 0 aliphatic heterocycles. The molecule has 7 heteroatoms. The Hall–Kier alpha value is -1.03. The van der Waals surface area contributed by atoms with Crippen LogP contribution < -0.4 is 0 Å². The minimum atomic E-state index is 0.182. The van der Waals surface area contributed by atoms with Gasteiger partial charge in [0.1, 0.15) is 5.02 Å². The van der Waals surface area contributed by atoms with Gasteiger partial charge >= 0.3 is 0 Å². The number of isocyanates is 1. The Bertz CT molecular complexity index is 239. The number of halogens is 2. The maximum atomic E-state index is 8.35. The minimum absolute atomic E-state index is 0.182. The first kappa shape index (κ1) is 9.97. The van der Waals surface area contributed by atoms with Crippen molar-refractivity contribution in [2.45, 2.75) is 0 Å². The molecular formula is C4H2Cl2N4O. The lowest BCUT2D eigenvalue weighted by Crippen LogP contribution is -1.84. The van der Waals surface area contributed by atoms with E-state index in [-0.39, 0.29) is 5.15 Å². The first-order valence-corrected chi connectivity index (χ1v) is 3.01. The third-order valence-electron chi connectivity index (χ3n) is 0.552. The Labute approximate surface area is 71.9 Å². The van der Waals surface area contributed by atoms with Crippen molar-refractivity contribution in [1.82, 2.24) is 15.4 Å². The molecule has 1 aromatic heterocycles. The first-order valence-electron chi connectivity index (χ1n) is 2.25. The number of nitrogens with one attached hydrogen (secondary N) is 1. The number of carbonyl (C=O) groups excluding carboxylic acids is 1. The van der Waals surface area contributed by atoms with Gasteiger partial charge in [-0.05, 0) is 5.21 Å². The molecule has 1 heterocycles. The molecule has 0 aliphatic rings. The molecule has 0 unspecified atom stereocenters. The van der Waals surface area contributed by atoms with Gasteiger partial charge in [-0.3, -0.25) is 0 Å². The van der Waals surface area contributed by atoms with Crippen LogP contribution in [0.1, 0.15) is 0 Å². The second kappa shape index (κ2) is 5.73. The predicted octanol–water partition coefficient (Wildman–Crippen LogP) is 1.08. The zero-order chi connectivity index (χ0) is 8.69. The van der Waals surface area contributed by atoms with Gasteiger partial charge in [0.15, 0.2) is 5.15 Å². The van der Waals surface area contributed by atoms with Gasteiger partial charge in [0.2, 0.25) is 6.08 Å². The number of hydrogen-bond acceptors (Lipinski definition) is 5. The standard InChI is InChI=1S/C3HCl2N3.CHNO/c4-2-1-6-8-7-3(2)5;2-1-3/h1H;2H. The Morgan fingerprint density at radius 2 is 2.09 bits per heavy atom. The molecule has 5 nitrogen and oxygen atoms in total. The summed E-state index contributed by atoms with van der Waals surface area (Å²) in [6.07, 6.45) is 2.08. The summed E-state index contributed by atoms with van der Waals surface area (Å²) < 4.78 is 0. The van der Waals surface area contributed by atoms with E-state index < -0.39 is 0 Å². The summed E-state index contributed by atoms with van der Waals surface area (Å²) in [6, 6.07) is 0. The lowest BCUT2D eigenvalue weighted by atomic mass is 10.7. The van der Waals surface area contributed by atoms with Crippen LogP contribution in [0.2, 0.25) is 10.2 Å². The summed E-state index contributed by atoms with van der Waals surface area (Å²) in [5.74, 6) is 0. The van der Waals surface area contributed by atoms with Crippen molar-refractivity contribution >= 4 is 29.3 Å². The van der Waals surface area contributed by atoms with E-state index in [0.29, 0.717) is 5.02 Å². The van der Waals surface area contributed by atoms with E-state index in [2.05, 4.69) is 15.4 Å². The molecule has 0 atom stereocenters. The zero-order valence-electron chi connectivity index (χ0n) is 5.08. The number of hydrogen-bond donors (Lipinski definition) is 1. The van der Waals surface area contributed by atoms with Gasteiger partial charge < -0.3 is 0 Å². The second-order valence-electron chi connectivity index (χ2n) is 1.17. The minimum Gasteiger partial charge on any atom is -0.222 e. The molecule has 0 saturated carbocycles.